The van der Waals surface area contributed by atoms with Gasteiger partial charge in [-0.1, -0.05) is 30.3 Å². The topological polar surface area (TPSA) is 82.2 Å². The van der Waals surface area contributed by atoms with Crippen molar-refractivity contribution in [2.45, 2.75) is 19.4 Å². The number of fused-ring (bicyclic) bond motifs is 1. The van der Waals surface area contributed by atoms with E-state index in [1.54, 1.807) is 35.2 Å². The second-order valence-electron chi connectivity index (χ2n) is 10.4. The highest BCUT2D eigenvalue weighted by molar-refractivity contribution is 7.12. The molecule has 0 spiro atoms. The number of carbonyl (C=O) groups excluding carboxylic acids is 1. The predicted molar refractivity (Wildman–Crippen MR) is 162 cm³/mol. The van der Waals surface area contributed by atoms with Gasteiger partial charge >= 0.3 is 0 Å². The Labute approximate surface area is 250 Å². The van der Waals surface area contributed by atoms with Gasteiger partial charge in [-0.2, -0.15) is 5.26 Å². The summed E-state index contributed by atoms with van der Waals surface area (Å²) >= 11 is 1.40. The SMILES string of the molecule is N#Cc1c(N2CCN(C(=O)c3cccs3)CC2)c2ccc(CCc3ccc(F)cc3)nc2n(Cc2ccc(F)cc2)c1=O. The number of nitrogens with zero attached hydrogens (tertiary/aromatic N) is 5. The van der Waals surface area contributed by atoms with E-state index in [0.717, 1.165) is 11.3 Å². The van der Waals surface area contributed by atoms with Crippen molar-refractivity contribution in [3.05, 3.63) is 127 Å². The summed E-state index contributed by atoms with van der Waals surface area (Å²) in [6, 6.07) is 21.8. The van der Waals surface area contributed by atoms with Crippen LogP contribution in [0, 0.1) is 23.0 Å². The summed E-state index contributed by atoms with van der Waals surface area (Å²) in [4.78, 5) is 36.2. The third-order valence-corrected chi connectivity index (χ3v) is 8.56. The van der Waals surface area contributed by atoms with E-state index in [9.17, 15) is 23.6 Å². The van der Waals surface area contributed by atoms with Crippen LogP contribution in [0.5, 0.6) is 0 Å². The molecule has 5 aromatic rings. The summed E-state index contributed by atoms with van der Waals surface area (Å²) in [6.07, 6.45) is 1.19. The van der Waals surface area contributed by atoms with Gasteiger partial charge in [0, 0.05) is 37.3 Å². The fourth-order valence-electron chi connectivity index (χ4n) is 5.45. The number of thiophene rings is 1. The second-order valence-corrected chi connectivity index (χ2v) is 11.4. The highest BCUT2D eigenvalue weighted by Crippen LogP contribution is 2.30. The monoisotopic (exact) mass is 595 g/mol. The van der Waals surface area contributed by atoms with Crippen LogP contribution in [-0.4, -0.2) is 46.5 Å². The molecule has 1 aliphatic rings. The van der Waals surface area contributed by atoms with Gasteiger partial charge in [-0.25, -0.2) is 13.8 Å². The average Bonchev–Trinajstić information content (AvgIpc) is 3.58. The van der Waals surface area contributed by atoms with Crippen LogP contribution in [0.15, 0.2) is 83.0 Å². The van der Waals surface area contributed by atoms with E-state index in [1.165, 1.54) is 40.2 Å². The average molecular weight is 596 g/mol. The van der Waals surface area contributed by atoms with Gasteiger partial charge in [0.15, 0.2) is 0 Å². The Morgan fingerprint density at radius 1 is 0.884 bits per heavy atom. The number of rotatable bonds is 7. The summed E-state index contributed by atoms with van der Waals surface area (Å²) in [5.41, 5.74) is 2.87. The van der Waals surface area contributed by atoms with Gasteiger partial charge in [-0.3, -0.25) is 14.2 Å². The largest absolute Gasteiger partial charge is 0.366 e. The Morgan fingerprint density at radius 2 is 1.56 bits per heavy atom. The molecular weight excluding hydrogens is 568 g/mol. The number of pyridine rings is 2. The maximum Gasteiger partial charge on any atom is 0.272 e. The van der Waals surface area contributed by atoms with Gasteiger partial charge in [0.05, 0.1) is 17.1 Å². The molecule has 1 saturated heterocycles. The first kappa shape index (κ1) is 28.2. The third kappa shape index (κ3) is 5.90. The Morgan fingerprint density at radius 3 is 2.19 bits per heavy atom. The Bertz CT molecular complexity index is 1870. The van der Waals surface area contributed by atoms with Crippen LogP contribution in [0.3, 0.4) is 0 Å². The number of aromatic nitrogens is 2. The van der Waals surface area contributed by atoms with Crippen molar-refractivity contribution < 1.29 is 13.6 Å². The zero-order valence-corrected chi connectivity index (χ0v) is 24.0. The molecule has 3 aromatic heterocycles. The maximum absolute atomic E-state index is 13.9. The van der Waals surface area contributed by atoms with E-state index in [2.05, 4.69) is 6.07 Å². The number of halogens is 2. The summed E-state index contributed by atoms with van der Waals surface area (Å²) < 4.78 is 28.5. The lowest BCUT2D eigenvalue weighted by Gasteiger charge is -2.36. The summed E-state index contributed by atoms with van der Waals surface area (Å²) in [6.45, 7) is 1.92. The number of anilines is 1. The molecule has 0 N–H and O–H groups in total. The van der Waals surface area contributed by atoms with Crippen LogP contribution in [0.4, 0.5) is 14.5 Å². The summed E-state index contributed by atoms with van der Waals surface area (Å²) in [7, 11) is 0. The Hall–Kier alpha value is -4.88. The van der Waals surface area contributed by atoms with E-state index >= 15 is 0 Å². The molecule has 0 bridgehead atoms. The molecular formula is C33H27F2N5O2S. The van der Waals surface area contributed by atoms with Crippen molar-refractivity contribution >= 4 is 34.0 Å². The lowest BCUT2D eigenvalue weighted by Crippen LogP contribution is -2.49. The predicted octanol–water partition coefficient (Wildman–Crippen LogP) is 5.40. The number of piperazine rings is 1. The number of amides is 1. The molecule has 0 aliphatic carbocycles. The van der Waals surface area contributed by atoms with Crippen molar-refractivity contribution in [1.82, 2.24) is 14.5 Å². The quantitative estimate of drug-likeness (QED) is 0.252. The zero-order valence-electron chi connectivity index (χ0n) is 23.2. The lowest BCUT2D eigenvalue weighted by atomic mass is 10.1. The van der Waals surface area contributed by atoms with E-state index < -0.39 is 5.56 Å². The number of aryl methyl sites for hydroxylation is 2. The van der Waals surface area contributed by atoms with Crippen molar-refractivity contribution in [1.29, 1.82) is 5.26 Å². The standard InChI is InChI=1S/C33H27F2N5O2S/c34-24-8-3-22(4-9-24)7-12-26-13-14-27-30(38-15-17-39(18-16-38)33(42)29-2-1-19-43-29)28(20-36)32(41)40(31(27)37-26)21-23-5-10-25(35)11-6-23/h1-6,8-11,13-14,19H,7,12,15-18,21H2. The number of nitriles is 1. The molecule has 7 nitrogen and oxygen atoms in total. The summed E-state index contributed by atoms with van der Waals surface area (Å²) in [5, 5.41) is 12.7. The second kappa shape index (κ2) is 12.2. The minimum Gasteiger partial charge on any atom is -0.366 e. The third-order valence-electron chi connectivity index (χ3n) is 7.70. The molecule has 2 aromatic carbocycles. The molecule has 216 valence electrons. The van der Waals surface area contributed by atoms with E-state index in [-0.39, 0.29) is 29.6 Å². The highest BCUT2D eigenvalue weighted by Gasteiger charge is 2.28. The van der Waals surface area contributed by atoms with E-state index in [4.69, 9.17) is 4.98 Å². The van der Waals surface area contributed by atoms with Gasteiger partial charge < -0.3 is 9.80 Å². The molecule has 1 fully saturated rings. The molecule has 0 atom stereocenters. The fourth-order valence-corrected chi connectivity index (χ4v) is 6.14. The first-order valence-corrected chi connectivity index (χ1v) is 14.8. The van der Waals surface area contributed by atoms with Gasteiger partial charge in [0.1, 0.15) is 28.9 Å². The zero-order chi connectivity index (χ0) is 29.9. The van der Waals surface area contributed by atoms with Crippen molar-refractivity contribution in [2.24, 2.45) is 0 Å². The number of carbonyl (C=O) groups is 1. The molecule has 4 heterocycles. The van der Waals surface area contributed by atoms with Crippen molar-refractivity contribution in [2.75, 3.05) is 31.1 Å². The minimum atomic E-state index is -0.477. The van der Waals surface area contributed by atoms with Crippen molar-refractivity contribution in [3.63, 3.8) is 0 Å². The first-order chi connectivity index (χ1) is 20.9. The molecule has 10 heteroatoms. The number of hydrogen-bond donors (Lipinski definition) is 0. The number of hydrogen-bond acceptors (Lipinski definition) is 6. The minimum absolute atomic E-state index is 0.00788. The molecule has 0 saturated carbocycles. The van der Waals surface area contributed by atoms with Crippen LogP contribution >= 0.6 is 11.3 Å². The lowest BCUT2D eigenvalue weighted by molar-refractivity contribution is 0.0751. The molecule has 0 unspecified atom stereocenters. The normalized spacial score (nSPS) is 13.3. The Balaban J connectivity index is 1.38. The van der Waals surface area contributed by atoms with Gasteiger partial charge in [-0.15, -0.1) is 11.3 Å². The fraction of sp³-hybridized carbons (Fsp3) is 0.212. The van der Waals surface area contributed by atoms with Crippen LogP contribution in [0.25, 0.3) is 11.0 Å². The molecule has 1 aliphatic heterocycles. The molecule has 0 radical (unpaired) electrons. The van der Waals surface area contributed by atoms with Gasteiger partial charge in [0.2, 0.25) is 0 Å². The van der Waals surface area contributed by atoms with Crippen LogP contribution in [0.1, 0.15) is 32.1 Å². The maximum atomic E-state index is 13.9. The first-order valence-electron chi connectivity index (χ1n) is 13.9. The highest BCUT2D eigenvalue weighted by atomic mass is 32.1. The van der Waals surface area contributed by atoms with E-state index in [0.29, 0.717) is 66.2 Å². The van der Waals surface area contributed by atoms with Crippen LogP contribution in [0.2, 0.25) is 0 Å². The van der Waals surface area contributed by atoms with E-state index in [1.807, 2.05) is 28.5 Å². The van der Waals surface area contributed by atoms with Crippen LogP contribution in [-0.2, 0) is 19.4 Å². The van der Waals surface area contributed by atoms with Crippen molar-refractivity contribution in [3.8, 4) is 6.07 Å². The van der Waals surface area contributed by atoms with Crippen LogP contribution < -0.4 is 10.5 Å². The van der Waals surface area contributed by atoms with Gasteiger partial charge in [-0.05, 0) is 71.8 Å². The molecule has 6 rings (SSSR count). The Kier molecular flexibility index (Phi) is 7.99. The number of benzene rings is 2. The van der Waals surface area contributed by atoms with Gasteiger partial charge in [0.25, 0.3) is 11.5 Å². The summed E-state index contributed by atoms with van der Waals surface area (Å²) in [5.74, 6) is -0.705. The molecule has 1 amide bonds. The molecule has 43 heavy (non-hydrogen) atoms. The smallest absolute Gasteiger partial charge is 0.272 e.